The monoisotopic (exact) mass is 383 g/mol. The summed E-state index contributed by atoms with van der Waals surface area (Å²) in [5.74, 6) is 1.03. The topological polar surface area (TPSA) is 70.2 Å². The van der Waals surface area contributed by atoms with Crippen LogP contribution >= 0.6 is 35.0 Å². The van der Waals surface area contributed by atoms with Crippen LogP contribution in [0.25, 0.3) is 11.0 Å². The van der Waals surface area contributed by atoms with Gasteiger partial charge in [0.2, 0.25) is 0 Å². The van der Waals surface area contributed by atoms with Gasteiger partial charge < -0.3 is 20.1 Å². The molecule has 1 unspecified atom stereocenters. The number of aromatic amines is 1. The van der Waals surface area contributed by atoms with E-state index < -0.39 is 6.23 Å². The number of rotatable bonds is 6. The highest BCUT2D eigenvalue weighted by molar-refractivity contribution is 7.99. The van der Waals surface area contributed by atoms with E-state index in [9.17, 15) is 5.11 Å². The first-order valence-electron chi connectivity index (χ1n) is 7.11. The van der Waals surface area contributed by atoms with Gasteiger partial charge in [-0.3, -0.25) is 0 Å². The van der Waals surface area contributed by atoms with E-state index in [1.54, 1.807) is 31.4 Å². The molecule has 0 fully saturated rings. The number of anilines is 1. The fourth-order valence-corrected chi connectivity index (χ4v) is 3.26. The van der Waals surface area contributed by atoms with Gasteiger partial charge in [0.25, 0.3) is 0 Å². The van der Waals surface area contributed by atoms with Gasteiger partial charge in [0.1, 0.15) is 17.5 Å². The smallest absolute Gasteiger partial charge is 0.166 e. The van der Waals surface area contributed by atoms with Crippen LogP contribution in [-0.4, -0.2) is 34.2 Å². The Hall–Kier alpha value is -1.60. The fraction of sp³-hybridized carbons (Fsp3) is 0.188. The summed E-state index contributed by atoms with van der Waals surface area (Å²) >= 11 is 13.3. The third-order valence-electron chi connectivity index (χ3n) is 3.27. The predicted molar refractivity (Wildman–Crippen MR) is 99.5 cm³/mol. The minimum absolute atomic E-state index is 0.415. The summed E-state index contributed by atoms with van der Waals surface area (Å²) in [6.07, 6.45) is -0.727. The van der Waals surface area contributed by atoms with Gasteiger partial charge in [-0.15, -0.1) is 0 Å². The second-order valence-electron chi connectivity index (χ2n) is 5.02. The molecular formula is C16H15Cl2N3O2S. The second kappa shape index (κ2) is 7.53. The Kier molecular flexibility index (Phi) is 5.40. The van der Waals surface area contributed by atoms with Gasteiger partial charge in [-0.2, -0.15) is 0 Å². The maximum Gasteiger partial charge on any atom is 0.166 e. The molecule has 0 bridgehead atoms. The second-order valence-corrected chi connectivity index (χ2v) is 6.91. The quantitative estimate of drug-likeness (QED) is 0.434. The number of fused-ring (bicyclic) bond motifs is 1. The average Bonchev–Trinajstić information content (AvgIpc) is 2.97. The lowest BCUT2D eigenvalue weighted by Gasteiger charge is -2.13. The molecule has 0 spiro atoms. The van der Waals surface area contributed by atoms with Gasteiger partial charge in [0.05, 0.1) is 12.6 Å². The highest BCUT2D eigenvalue weighted by Crippen LogP contribution is 2.30. The lowest BCUT2D eigenvalue weighted by molar-refractivity contribution is 0.229. The van der Waals surface area contributed by atoms with Gasteiger partial charge in [-0.05, 0) is 30.3 Å². The van der Waals surface area contributed by atoms with Crippen LogP contribution in [0.1, 0.15) is 0 Å². The molecule has 5 nitrogen and oxygen atoms in total. The summed E-state index contributed by atoms with van der Waals surface area (Å²) in [6, 6.07) is 10.7. The molecule has 126 valence electrons. The lowest BCUT2D eigenvalue weighted by Crippen LogP contribution is -2.21. The molecule has 8 heteroatoms. The van der Waals surface area contributed by atoms with Crippen molar-refractivity contribution in [3.8, 4) is 5.75 Å². The van der Waals surface area contributed by atoms with E-state index in [2.05, 4.69) is 15.3 Å². The first kappa shape index (κ1) is 17.2. The van der Waals surface area contributed by atoms with Crippen LogP contribution in [0.3, 0.4) is 0 Å². The number of methoxy groups -OCH3 is 1. The molecule has 24 heavy (non-hydrogen) atoms. The van der Waals surface area contributed by atoms with Gasteiger partial charge >= 0.3 is 0 Å². The van der Waals surface area contributed by atoms with Crippen molar-refractivity contribution in [3.05, 3.63) is 46.4 Å². The van der Waals surface area contributed by atoms with Gasteiger partial charge in [-0.1, -0.05) is 35.0 Å². The van der Waals surface area contributed by atoms with Crippen LogP contribution in [0, 0.1) is 0 Å². The maximum atomic E-state index is 10.1. The maximum absolute atomic E-state index is 10.1. The minimum atomic E-state index is -0.727. The number of halogens is 2. The molecule has 0 aliphatic rings. The highest BCUT2D eigenvalue weighted by atomic mass is 35.5. The van der Waals surface area contributed by atoms with E-state index in [0.717, 1.165) is 11.2 Å². The van der Waals surface area contributed by atoms with Crippen molar-refractivity contribution >= 4 is 51.7 Å². The van der Waals surface area contributed by atoms with Crippen molar-refractivity contribution < 1.29 is 9.84 Å². The van der Waals surface area contributed by atoms with Crippen molar-refractivity contribution in [1.29, 1.82) is 0 Å². The molecule has 3 rings (SSSR count). The summed E-state index contributed by atoms with van der Waals surface area (Å²) in [5, 5.41) is 15.0. The van der Waals surface area contributed by atoms with Crippen molar-refractivity contribution in [2.24, 2.45) is 0 Å². The van der Waals surface area contributed by atoms with Crippen LogP contribution in [0.5, 0.6) is 5.75 Å². The van der Waals surface area contributed by atoms with Gasteiger partial charge in [0.15, 0.2) is 5.16 Å². The van der Waals surface area contributed by atoms with Gasteiger partial charge in [-0.25, -0.2) is 4.98 Å². The highest BCUT2D eigenvalue weighted by Gasteiger charge is 2.12. The lowest BCUT2D eigenvalue weighted by atomic mass is 10.3. The number of H-pyrrole nitrogens is 1. The molecule has 0 radical (unpaired) electrons. The van der Waals surface area contributed by atoms with Gasteiger partial charge in [0, 0.05) is 27.6 Å². The largest absolute Gasteiger partial charge is 0.494 e. The number of hydrogen-bond donors (Lipinski definition) is 3. The van der Waals surface area contributed by atoms with Crippen LogP contribution in [0.4, 0.5) is 5.69 Å². The molecule has 0 aliphatic heterocycles. The number of ether oxygens (including phenoxy) is 1. The number of nitrogens with zero attached hydrogens (tertiary/aromatic N) is 1. The standard InChI is InChI=1S/C16H15Cl2N3O2S/c1-23-13-7-10(18)6-12-15(13)21-16(20-12)24-8-14(22)19-11-4-2-9(17)3-5-11/h2-7,14,19,22H,8H2,1H3,(H,20,21). The zero-order valence-corrected chi connectivity index (χ0v) is 15.0. The van der Waals surface area contributed by atoms with E-state index in [4.69, 9.17) is 27.9 Å². The third kappa shape index (κ3) is 4.08. The summed E-state index contributed by atoms with van der Waals surface area (Å²) in [5.41, 5.74) is 2.30. The Morgan fingerprint density at radius 2 is 2.00 bits per heavy atom. The Balaban J connectivity index is 1.65. The number of imidazole rings is 1. The number of hydrogen-bond acceptors (Lipinski definition) is 5. The van der Waals surface area contributed by atoms with E-state index in [1.807, 2.05) is 12.1 Å². The Bertz CT molecular complexity index is 839. The molecule has 0 saturated carbocycles. The molecule has 0 amide bonds. The molecule has 3 N–H and O–H groups in total. The number of nitrogens with one attached hydrogen (secondary N) is 2. The minimum Gasteiger partial charge on any atom is -0.494 e. The summed E-state index contributed by atoms with van der Waals surface area (Å²) < 4.78 is 5.29. The van der Waals surface area contributed by atoms with Crippen molar-refractivity contribution in [1.82, 2.24) is 9.97 Å². The first-order chi connectivity index (χ1) is 11.5. The van der Waals surface area contributed by atoms with Crippen LogP contribution < -0.4 is 10.1 Å². The molecule has 1 heterocycles. The molecule has 0 aliphatic carbocycles. The number of aliphatic hydroxyl groups excluding tert-OH is 1. The SMILES string of the molecule is COc1cc(Cl)cc2[nH]c(SCC(O)Nc3ccc(Cl)cc3)nc12. The zero-order valence-electron chi connectivity index (χ0n) is 12.7. The van der Waals surface area contributed by atoms with Crippen LogP contribution in [-0.2, 0) is 0 Å². The third-order valence-corrected chi connectivity index (χ3v) is 4.69. The van der Waals surface area contributed by atoms with Crippen LogP contribution in [0.15, 0.2) is 41.6 Å². The number of thioether (sulfide) groups is 1. The van der Waals surface area contributed by atoms with E-state index in [0.29, 0.717) is 32.2 Å². The van der Waals surface area contributed by atoms with Crippen molar-refractivity contribution in [3.63, 3.8) is 0 Å². The molecule has 3 aromatic rings. The Labute approximate surface area is 153 Å². The normalized spacial score (nSPS) is 12.3. The number of aliphatic hydroxyl groups is 1. The average molecular weight is 384 g/mol. The van der Waals surface area contributed by atoms with E-state index in [-0.39, 0.29) is 0 Å². The molecule has 1 aromatic heterocycles. The Morgan fingerprint density at radius 3 is 2.71 bits per heavy atom. The van der Waals surface area contributed by atoms with E-state index >= 15 is 0 Å². The predicted octanol–water partition coefficient (Wildman–Crippen LogP) is 4.40. The van der Waals surface area contributed by atoms with E-state index in [1.165, 1.54) is 11.8 Å². The number of aromatic nitrogens is 2. The molecular weight excluding hydrogens is 369 g/mol. The van der Waals surface area contributed by atoms with Crippen LogP contribution in [0.2, 0.25) is 10.0 Å². The summed E-state index contributed by atoms with van der Waals surface area (Å²) in [6.45, 7) is 0. The Morgan fingerprint density at radius 1 is 1.25 bits per heavy atom. The fourth-order valence-electron chi connectivity index (χ4n) is 2.19. The number of benzene rings is 2. The van der Waals surface area contributed by atoms with Crippen molar-refractivity contribution in [2.45, 2.75) is 11.4 Å². The molecule has 2 aromatic carbocycles. The molecule has 0 saturated heterocycles. The zero-order chi connectivity index (χ0) is 17.1. The first-order valence-corrected chi connectivity index (χ1v) is 8.85. The molecule has 1 atom stereocenters. The van der Waals surface area contributed by atoms with Crippen molar-refractivity contribution in [2.75, 3.05) is 18.2 Å². The summed E-state index contributed by atoms with van der Waals surface area (Å²) in [7, 11) is 1.58. The summed E-state index contributed by atoms with van der Waals surface area (Å²) in [4.78, 5) is 7.65.